The van der Waals surface area contributed by atoms with Crippen molar-refractivity contribution in [2.75, 3.05) is 16.4 Å². The van der Waals surface area contributed by atoms with E-state index in [1.54, 1.807) is 17.8 Å². The Kier molecular flexibility index (Phi) is 5.67. The maximum Gasteiger partial charge on any atom is 0.236 e. The summed E-state index contributed by atoms with van der Waals surface area (Å²) in [6, 6.07) is 15.5. The minimum Gasteiger partial charge on any atom is -0.326 e. The summed E-state index contributed by atoms with van der Waals surface area (Å²) >= 11 is 2.96. The van der Waals surface area contributed by atoms with E-state index in [1.807, 2.05) is 42.5 Å². The van der Waals surface area contributed by atoms with Crippen LogP contribution in [0.1, 0.15) is 12.5 Å². The first-order valence-corrected chi connectivity index (χ1v) is 9.67. The van der Waals surface area contributed by atoms with Crippen LogP contribution in [0.4, 0.5) is 10.8 Å². The van der Waals surface area contributed by atoms with E-state index in [-0.39, 0.29) is 11.8 Å². The molecular weight excluding hydrogens is 354 g/mol. The van der Waals surface area contributed by atoms with E-state index in [4.69, 9.17) is 0 Å². The van der Waals surface area contributed by atoms with Crippen LogP contribution in [0.25, 0.3) is 10.2 Å². The van der Waals surface area contributed by atoms with Gasteiger partial charge in [0.1, 0.15) is 0 Å². The largest absolute Gasteiger partial charge is 0.326 e. The van der Waals surface area contributed by atoms with Gasteiger partial charge in [0.15, 0.2) is 5.13 Å². The standard InChI is InChI=1S/C18H17N3O2S2/c1-12(22)19-14-7-8-15-16(9-14)25-18(20-15)21-17(23)11-24-10-13-5-3-2-4-6-13/h2-9H,10-11H2,1H3,(H,19,22)(H,20,21,23). The van der Waals surface area contributed by atoms with Gasteiger partial charge in [-0.3, -0.25) is 9.59 Å². The molecule has 0 saturated heterocycles. The summed E-state index contributed by atoms with van der Waals surface area (Å²) < 4.78 is 0.915. The average molecular weight is 371 g/mol. The zero-order chi connectivity index (χ0) is 17.6. The van der Waals surface area contributed by atoms with Gasteiger partial charge in [-0.25, -0.2) is 4.98 Å². The van der Waals surface area contributed by atoms with Crippen molar-refractivity contribution in [1.82, 2.24) is 4.98 Å². The molecular formula is C18H17N3O2S2. The van der Waals surface area contributed by atoms with Gasteiger partial charge in [-0.05, 0) is 23.8 Å². The second kappa shape index (κ2) is 8.13. The fraction of sp³-hybridized carbons (Fsp3) is 0.167. The molecule has 0 aliphatic carbocycles. The molecule has 0 fully saturated rings. The molecule has 5 nitrogen and oxygen atoms in total. The van der Waals surface area contributed by atoms with Crippen molar-refractivity contribution >= 4 is 55.9 Å². The van der Waals surface area contributed by atoms with Crippen LogP contribution in [0.3, 0.4) is 0 Å². The minimum absolute atomic E-state index is 0.0675. The zero-order valence-corrected chi connectivity index (χ0v) is 15.2. The van der Waals surface area contributed by atoms with E-state index in [2.05, 4.69) is 15.6 Å². The predicted octanol–water partition coefficient (Wildman–Crippen LogP) is 4.13. The summed E-state index contributed by atoms with van der Waals surface area (Å²) in [7, 11) is 0. The van der Waals surface area contributed by atoms with Gasteiger partial charge in [0.25, 0.3) is 0 Å². The predicted molar refractivity (Wildman–Crippen MR) is 105 cm³/mol. The van der Waals surface area contributed by atoms with Crippen molar-refractivity contribution in [2.45, 2.75) is 12.7 Å². The van der Waals surface area contributed by atoms with Crippen molar-refractivity contribution in [2.24, 2.45) is 0 Å². The number of benzene rings is 2. The third-order valence-electron chi connectivity index (χ3n) is 3.30. The molecule has 0 atom stereocenters. The van der Waals surface area contributed by atoms with Gasteiger partial charge in [0.05, 0.1) is 16.0 Å². The van der Waals surface area contributed by atoms with Crippen molar-refractivity contribution in [3.05, 3.63) is 54.1 Å². The Morgan fingerprint density at radius 3 is 2.68 bits per heavy atom. The van der Waals surface area contributed by atoms with Gasteiger partial charge in [-0.1, -0.05) is 41.7 Å². The van der Waals surface area contributed by atoms with Gasteiger partial charge in [0, 0.05) is 18.4 Å². The van der Waals surface area contributed by atoms with Crippen LogP contribution < -0.4 is 10.6 Å². The molecule has 0 unspecified atom stereocenters. The number of thiazole rings is 1. The Labute approximate surface area is 153 Å². The SMILES string of the molecule is CC(=O)Nc1ccc2nc(NC(=O)CSCc3ccccc3)sc2c1. The molecule has 0 aliphatic rings. The number of carbonyl (C=O) groups is 2. The Bertz CT molecular complexity index is 894. The normalized spacial score (nSPS) is 10.6. The minimum atomic E-state index is -0.118. The number of aromatic nitrogens is 1. The van der Waals surface area contributed by atoms with Gasteiger partial charge >= 0.3 is 0 Å². The van der Waals surface area contributed by atoms with E-state index < -0.39 is 0 Å². The topological polar surface area (TPSA) is 71.1 Å². The first-order valence-electron chi connectivity index (χ1n) is 7.70. The van der Waals surface area contributed by atoms with Crippen LogP contribution in [-0.4, -0.2) is 22.6 Å². The van der Waals surface area contributed by atoms with Crippen LogP contribution in [-0.2, 0) is 15.3 Å². The van der Waals surface area contributed by atoms with Crippen molar-refractivity contribution in [3.63, 3.8) is 0 Å². The molecule has 2 N–H and O–H groups in total. The molecule has 0 bridgehead atoms. The van der Waals surface area contributed by atoms with Gasteiger partial charge in [0.2, 0.25) is 11.8 Å². The molecule has 128 valence electrons. The number of hydrogen-bond acceptors (Lipinski definition) is 5. The fourth-order valence-corrected chi connectivity index (χ4v) is 3.96. The lowest BCUT2D eigenvalue weighted by atomic mass is 10.2. The molecule has 0 spiro atoms. The van der Waals surface area contributed by atoms with Crippen molar-refractivity contribution in [3.8, 4) is 0 Å². The monoisotopic (exact) mass is 371 g/mol. The molecule has 0 saturated carbocycles. The maximum absolute atomic E-state index is 12.1. The van der Waals surface area contributed by atoms with Gasteiger partial charge < -0.3 is 10.6 Å². The average Bonchev–Trinajstić information content (AvgIpc) is 2.96. The quantitative estimate of drug-likeness (QED) is 0.683. The smallest absolute Gasteiger partial charge is 0.236 e. The summed E-state index contributed by atoms with van der Waals surface area (Å²) in [5, 5.41) is 6.15. The lowest BCUT2D eigenvalue weighted by molar-refractivity contribution is -0.114. The van der Waals surface area contributed by atoms with E-state index in [9.17, 15) is 9.59 Å². The van der Waals surface area contributed by atoms with Gasteiger partial charge in [-0.15, -0.1) is 11.8 Å². The summed E-state index contributed by atoms with van der Waals surface area (Å²) in [5.74, 6) is 0.991. The van der Waals surface area contributed by atoms with E-state index >= 15 is 0 Å². The van der Waals surface area contributed by atoms with E-state index in [0.29, 0.717) is 10.9 Å². The molecule has 1 heterocycles. The molecule has 1 aromatic heterocycles. The zero-order valence-electron chi connectivity index (χ0n) is 13.6. The second-order valence-corrected chi connectivity index (χ2v) is 7.43. The number of thioether (sulfide) groups is 1. The van der Waals surface area contributed by atoms with Crippen LogP contribution >= 0.6 is 23.1 Å². The molecule has 25 heavy (non-hydrogen) atoms. The fourth-order valence-electron chi connectivity index (χ4n) is 2.25. The molecule has 3 rings (SSSR count). The molecule has 7 heteroatoms. The summed E-state index contributed by atoms with van der Waals surface area (Å²) in [5.41, 5.74) is 2.72. The van der Waals surface area contributed by atoms with Crippen LogP contribution in [0.15, 0.2) is 48.5 Å². The number of nitrogens with one attached hydrogen (secondary N) is 2. The number of amides is 2. The maximum atomic E-state index is 12.1. The number of carbonyl (C=O) groups excluding carboxylic acids is 2. The number of nitrogens with zero attached hydrogens (tertiary/aromatic N) is 1. The Morgan fingerprint density at radius 2 is 1.92 bits per heavy atom. The Morgan fingerprint density at radius 1 is 1.12 bits per heavy atom. The first kappa shape index (κ1) is 17.4. The second-order valence-electron chi connectivity index (χ2n) is 5.41. The lowest BCUT2D eigenvalue weighted by Gasteiger charge is -2.02. The highest BCUT2D eigenvalue weighted by Crippen LogP contribution is 2.28. The molecule has 2 aromatic carbocycles. The lowest BCUT2D eigenvalue weighted by Crippen LogP contribution is -2.13. The van der Waals surface area contributed by atoms with Crippen LogP contribution in [0.2, 0.25) is 0 Å². The number of fused-ring (bicyclic) bond motifs is 1. The van der Waals surface area contributed by atoms with E-state index in [1.165, 1.54) is 23.8 Å². The summed E-state index contributed by atoms with van der Waals surface area (Å²) in [4.78, 5) is 27.6. The number of rotatable bonds is 6. The third-order valence-corrected chi connectivity index (χ3v) is 5.24. The Balaban J connectivity index is 1.56. The summed E-state index contributed by atoms with van der Waals surface area (Å²) in [6.07, 6.45) is 0. The highest BCUT2D eigenvalue weighted by Gasteiger charge is 2.09. The Hall–Kier alpha value is -2.38. The highest BCUT2D eigenvalue weighted by molar-refractivity contribution is 7.99. The van der Waals surface area contributed by atoms with Gasteiger partial charge in [-0.2, -0.15) is 0 Å². The summed E-state index contributed by atoms with van der Waals surface area (Å²) in [6.45, 7) is 1.47. The molecule has 0 aliphatic heterocycles. The number of anilines is 2. The van der Waals surface area contributed by atoms with Crippen LogP contribution in [0, 0.1) is 0 Å². The van der Waals surface area contributed by atoms with Crippen molar-refractivity contribution in [1.29, 1.82) is 0 Å². The van der Waals surface area contributed by atoms with E-state index in [0.717, 1.165) is 21.7 Å². The third kappa shape index (κ3) is 5.04. The first-order chi connectivity index (χ1) is 12.1. The highest BCUT2D eigenvalue weighted by atomic mass is 32.2. The molecule has 0 radical (unpaired) electrons. The number of hydrogen-bond donors (Lipinski definition) is 2. The van der Waals surface area contributed by atoms with Crippen LogP contribution in [0.5, 0.6) is 0 Å². The van der Waals surface area contributed by atoms with Crippen molar-refractivity contribution < 1.29 is 9.59 Å². The molecule has 3 aromatic rings. The molecule has 2 amide bonds.